The van der Waals surface area contributed by atoms with Crippen LogP contribution in [0.25, 0.3) is 0 Å². The number of hydrogen-bond acceptors (Lipinski definition) is 2. The Hall–Kier alpha value is -1.35. The van der Waals surface area contributed by atoms with Crippen molar-refractivity contribution < 1.29 is 4.79 Å². The van der Waals surface area contributed by atoms with Crippen LogP contribution in [-0.2, 0) is 12.8 Å². The second kappa shape index (κ2) is 6.61. The van der Waals surface area contributed by atoms with Gasteiger partial charge in [-0.15, -0.1) is 0 Å². The van der Waals surface area contributed by atoms with Gasteiger partial charge in [0.25, 0.3) is 5.91 Å². The lowest BCUT2D eigenvalue weighted by Crippen LogP contribution is -2.48. The Morgan fingerprint density at radius 2 is 2.14 bits per heavy atom. The Morgan fingerprint density at radius 3 is 3.00 bits per heavy atom. The largest absolute Gasteiger partial charge is 0.350 e. The molecule has 2 atom stereocenters. The summed E-state index contributed by atoms with van der Waals surface area (Å²) in [4.78, 5) is 12.3. The zero-order chi connectivity index (χ0) is 14.7. The molecule has 0 aromatic heterocycles. The van der Waals surface area contributed by atoms with Crippen LogP contribution in [-0.4, -0.2) is 25.0 Å². The number of carbonyl (C=O) groups excluding carboxylic acids is 1. The molecule has 1 amide bonds. The van der Waals surface area contributed by atoms with Crippen molar-refractivity contribution in [3.8, 4) is 0 Å². The summed E-state index contributed by atoms with van der Waals surface area (Å²) in [6.07, 6.45) is 7.24. The van der Waals surface area contributed by atoms with E-state index in [1.807, 2.05) is 6.07 Å². The molecule has 3 nitrogen and oxygen atoms in total. The maximum Gasteiger partial charge on any atom is 0.251 e. The molecule has 2 aliphatic rings. The second-order valence-electron chi connectivity index (χ2n) is 6.42. The van der Waals surface area contributed by atoms with Crippen molar-refractivity contribution in [1.29, 1.82) is 0 Å². The van der Waals surface area contributed by atoms with Gasteiger partial charge < -0.3 is 10.6 Å². The van der Waals surface area contributed by atoms with E-state index in [2.05, 4.69) is 29.7 Å². The van der Waals surface area contributed by atoms with E-state index in [4.69, 9.17) is 0 Å². The number of hydrogen-bond donors (Lipinski definition) is 2. The molecule has 1 aromatic carbocycles. The molecule has 3 heteroatoms. The standard InChI is InChI=1S/C18H26N2O/c1-2-13-7-4-10-19-17(13)12-20-18(21)16-9-8-14-5-3-6-15(14)11-16/h8-9,11,13,17,19H,2-7,10,12H2,1H3,(H,20,21). The lowest BCUT2D eigenvalue weighted by molar-refractivity contribution is 0.0942. The van der Waals surface area contributed by atoms with E-state index in [0.717, 1.165) is 25.1 Å². The van der Waals surface area contributed by atoms with E-state index in [0.29, 0.717) is 12.0 Å². The average Bonchev–Trinajstić information content (AvgIpc) is 3.00. The molecule has 2 unspecified atom stereocenters. The van der Waals surface area contributed by atoms with Crippen LogP contribution < -0.4 is 10.6 Å². The van der Waals surface area contributed by atoms with Gasteiger partial charge in [-0.3, -0.25) is 4.79 Å². The Bertz CT molecular complexity index is 512. The molecule has 2 N–H and O–H groups in total. The minimum Gasteiger partial charge on any atom is -0.350 e. The zero-order valence-electron chi connectivity index (χ0n) is 13.0. The minimum atomic E-state index is 0.0759. The van der Waals surface area contributed by atoms with Crippen LogP contribution in [0.1, 0.15) is 54.1 Å². The van der Waals surface area contributed by atoms with Gasteiger partial charge in [0, 0.05) is 18.2 Å². The monoisotopic (exact) mass is 286 g/mol. The maximum absolute atomic E-state index is 12.3. The van der Waals surface area contributed by atoms with Crippen molar-refractivity contribution >= 4 is 5.91 Å². The fourth-order valence-corrected chi connectivity index (χ4v) is 3.76. The first-order valence-corrected chi connectivity index (χ1v) is 8.41. The lowest BCUT2D eigenvalue weighted by Gasteiger charge is -2.32. The molecule has 1 fully saturated rings. The molecule has 1 aliphatic heterocycles. The Balaban J connectivity index is 1.58. The van der Waals surface area contributed by atoms with Gasteiger partial charge in [0.15, 0.2) is 0 Å². The van der Waals surface area contributed by atoms with Gasteiger partial charge in [-0.1, -0.05) is 19.4 Å². The van der Waals surface area contributed by atoms with Gasteiger partial charge in [-0.25, -0.2) is 0 Å². The summed E-state index contributed by atoms with van der Waals surface area (Å²) in [5.74, 6) is 0.769. The van der Waals surface area contributed by atoms with Crippen molar-refractivity contribution in [2.75, 3.05) is 13.1 Å². The van der Waals surface area contributed by atoms with Crippen molar-refractivity contribution in [1.82, 2.24) is 10.6 Å². The van der Waals surface area contributed by atoms with E-state index < -0.39 is 0 Å². The van der Waals surface area contributed by atoms with Crippen LogP contribution in [0.15, 0.2) is 18.2 Å². The van der Waals surface area contributed by atoms with E-state index in [9.17, 15) is 4.79 Å². The minimum absolute atomic E-state index is 0.0759. The van der Waals surface area contributed by atoms with Gasteiger partial charge in [-0.2, -0.15) is 0 Å². The van der Waals surface area contributed by atoms with Crippen LogP contribution in [0.5, 0.6) is 0 Å². The molecular weight excluding hydrogens is 260 g/mol. The molecule has 0 spiro atoms. The summed E-state index contributed by atoms with van der Waals surface area (Å²) in [7, 11) is 0. The summed E-state index contributed by atoms with van der Waals surface area (Å²) in [5.41, 5.74) is 3.61. The third-order valence-electron chi connectivity index (χ3n) is 5.09. The first-order chi connectivity index (χ1) is 10.3. The number of nitrogens with one attached hydrogen (secondary N) is 2. The number of piperidine rings is 1. The van der Waals surface area contributed by atoms with Crippen LogP contribution in [0.2, 0.25) is 0 Å². The summed E-state index contributed by atoms with van der Waals surface area (Å²) in [6.45, 7) is 4.07. The van der Waals surface area contributed by atoms with Crippen molar-refractivity contribution in [2.45, 2.75) is 51.5 Å². The van der Waals surface area contributed by atoms with Crippen LogP contribution in [0.4, 0.5) is 0 Å². The molecule has 0 saturated carbocycles. The first kappa shape index (κ1) is 14.6. The number of rotatable bonds is 4. The highest BCUT2D eigenvalue weighted by molar-refractivity contribution is 5.94. The predicted molar refractivity (Wildman–Crippen MR) is 85.6 cm³/mol. The van der Waals surface area contributed by atoms with Gasteiger partial charge >= 0.3 is 0 Å². The summed E-state index contributed by atoms with van der Waals surface area (Å²) in [5, 5.41) is 6.68. The van der Waals surface area contributed by atoms with Crippen molar-refractivity contribution in [3.05, 3.63) is 34.9 Å². The van der Waals surface area contributed by atoms with Crippen LogP contribution >= 0.6 is 0 Å². The molecule has 3 rings (SSSR count). The Labute approximate surface area is 127 Å². The smallest absolute Gasteiger partial charge is 0.251 e. The van der Waals surface area contributed by atoms with Gasteiger partial charge in [0.1, 0.15) is 0 Å². The van der Waals surface area contributed by atoms with Gasteiger partial charge in [0.05, 0.1) is 0 Å². The number of carbonyl (C=O) groups is 1. The van der Waals surface area contributed by atoms with Crippen LogP contribution in [0.3, 0.4) is 0 Å². The molecule has 114 valence electrons. The van der Waals surface area contributed by atoms with E-state index in [1.54, 1.807) is 0 Å². The summed E-state index contributed by atoms with van der Waals surface area (Å²) < 4.78 is 0. The average molecular weight is 286 g/mol. The van der Waals surface area contributed by atoms with Gasteiger partial charge in [-0.05, 0) is 67.8 Å². The quantitative estimate of drug-likeness (QED) is 0.893. The molecule has 1 heterocycles. The topological polar surface area (TPSA) is 41.1 Å². The fraction of sp³-hybridized carbons (Fsp3) is 0.611. The number of fused-ring (bicyclic) bond motifs is 1. The Morgan fingerprint density at radius 1 is 1.29 bits per heavy atom. The molecule has 21 heavy (non-hydrogen) atoms. The third-order valence-corrected chi connectivity index (χ3v) is 5.09. The molecule has 0 radical (unpaired) electrons. The fourth-order valence-electron chi connectivity index (χ4n) is 3.76. The summed E-state index contributed by atoms with van der Waals surface area (Å²) in [6, 6.07) is 6.63. The third kappa shape index (κ3) is 3.29. The van der Waals surface area contributed by atoms with Gasteiger partial charge in [0.2, 0.25) is 0 Å². The first-order valence-electron chi connectivity index (χ1n) is 8.41. The lowest BCUT2D eigenvalue weighted by atomic mass is 9.88. The van der Waals surface area contributed by atoms with E-state index in [-0.39, 0.29) is 5.91 Å². The predicted octanol–water partition coefficient (Wildman–Crippen LogP) is 2.68. The highest BCUT2D eigenvalue weighted by atomic mass is 16.1. The summed E-state index contributed by atoms with van der Waals surface area (Å²) >= 11 is 0. The van der Waals surface area contributed by atoms with E-state index in [1.165, 1.54) is 43.2 Å². The highest BCUT2D eigenvalue weighted by Crippen LogP contribution is 2.23. The molecule has 1 saturated heterocycles. The maximum atomic E-state index is 12.3. The van der Waals surface area contributed by atoms with E-state index >= 15 is 0 Å². The second-order valence-corrected chi connectivity index (χ2v) is 6.42. The zero-order valence-corrected chi connectivity index (χ0v) is 13.0. The highest BCUT2D eigenvalue weighted by Gasteiger charge is 2.23. The van der Waals surface area contributed by atoms with Crippen molar-refractivity contribution in [3.63, 3.8) is 0 Å². The molecular formula is C18H26N2O. The molecule has 1 aliphatic carbocycles. The molecule has 1 aromatic rings. The Kier molecular flexibility index (Phi) is 4.59. The van der Waals surface area contributed by atoms with Crippen LogP contribution in [0, 0.1) is 5.92 Å². The normalized spacial score (nSPS) is 24.6. The SMILES string of the molecule is CCC1CCCNC1CNC(=O)c1ccc2c(c1)CCC2. The molecule has 0 bridgehead atoms. The number of amides is 1. The number of benzene rings is 1. The number of aryl methyl sites for hydroxylation is 2. The van der Waals surface area contributed by atoms with Crippen molar-refractivity contribution in [2.24, 2.45) is 5.92 Å².